The molecule has 2 nitrogen and oxygen atoms in total. The molecule has 0 bridgehead atoms. The Bertz CT molecular complexity index is 40.1. The van der Waals surface area contributed by atoms with Crippen molar-refractivity contribution in [2.24, 2.45) is 0 Å². The Kier molecular flexibility index (Phi) is 25.7. The first kappa shape index (κ1) is 17.1. The van der Waals surface area contributed by atoms with E-state index < -0.39 is 0 Å². The second-order valence-corrected chi connectivity index (χ2v) is 2.90. The van der Waals surface area contributed by atoms with Gasteiger partial charge in [0.1, 0.15) is 0 Å². The average Bonchev–Trinajstić information content (AvgIpc) is 1.82. The van der Waals surface area contributed by atoms with Gasteiger partial charge in [-0.05, 0) is 21.1 Å². The molecule has 0 amide bonds. The second-order valence-electron chi connectivity index (χ2n) is 2.90. The summed E-state index contributed by atoms with van der Waals surface area (Å²) in [7, 11) is 6.00. The molecular weight excluding hydrogens is 138 g/mol. The minimum atomic E-state index is 0. The first-order chi connectivity index (χ1) is 4.65. The molecule has 71 valence electrons. The molecule has 2 N–H and O–H groups in total. The molecule has 0 aromatic rings. The quantitative estimate of drug-likeness (QED) is 0.582. The lowest BCUT2D eigenvalue weighted by molar-refractivity contribution is 0.505. The van der Waals surface area contributed by atoms with E-state index in [9.17, 15) is 0 Å². The molecular formula is C9H24NO. The number of nitrogens with zero attached hydrogens (tertiary/aromatic N) is 1. The number of hydrogen-bond donors (Lipinski definition) is 0. The van der Waals surface area contributed by atoms with Crippen molar-refractivity contribution < 1.29 is 5.48 Å². The molecule has 0 aliphatic rings. The molecule has 0 aromatic heterocycles. The molecule has 0 saturated carbocycles. The van der Waals surface area contributed by atoms with Gasteiger partial charge in [-0.25, -0.2) is 0 Å². The van der Waals surface area contributed by atoms with Crippen LogP contribution in [0.5, 0.6) is 0 Å². The third-order valence-electron chi connectivity index (χ3n) is 0.854. The lowest BCUT2D eigenvalue weighted by Crippen LogP contribution is -1.99. The van der Waals surface area contributed by atoms with Gasteiger partial charge in [-0.1, -0.05) is 39.5 Å². The van der Waals surface area contributed by atoms with Crippen LogP contribution in [0.1, 0.15) is 32.6 Å². The monoisotopic (exact) mass is 162 g/mol. The molecule has 0 unspecified atom stereocenters. The predicted molar refractivity (Wildman–Crippen MR) is 52.7 cm³/mol. The van der Waals surface area contributed by atoms with Gasteiger partial charge < -0.3 is 10.4 Å². The molecule has 0 fully saturated rings. The molecule has 0 aliphatic heterocycles. The third kappa shape index (κ3) is 73.0. The van der Waals surface area contributed by atoms with Crippen LogP contribution in [0.3, 0.4) is 0 Å². The molecule has 0 saturated heterocycles. The van der Waals surface area contributed by atoms with Crippen LogP contribution in [-0.4, -0.2) is 31.5 Å². The van der Waals surface area contributed by atoms with E-state index >= 15 is 0 Å². The highest BCUT2D eigenvalue weighted by molar-refractivity contribution is 4.38. The van der Waals surface area contributed by atoms with Crippen molar-refractivity contribution in [2.75, 3.05) is 21.1 Å². The summed E-state index contributed by atoms with van der Waals surface area (Å²) in [5.74, 6) is 0. The van der Waals surface area contributed by atoms with Gasteiger partial charge in [0.2, 0.25) is 0 Å². The van der Waals surface area contributed by atoms with Crippen molar-refractivity contribution in [1.82, 2.24) is 4.90 Å². The Morgan fingerprint density at radius 3 is 1.55 bits per heavy atom. The molecule has 0 aliphatic carbocycles. The van der Waals surface area contributed by atoms with E-state index in [0.29, 0.717) is 0 Å². The van der Waals surface area contributed by atoms with E-state index in [1.165, 1.54) is 19.3 Å². The van der Waals surface area contributed by atoms with E-state index in [1.807, 2.05) is 26.0 Å². The first-order valence-corrected chi connectivity index (χ1v) is 4.05. The number of hydrogen-bond acceptors (Lipinski definition) is 1. The van der Waals surface area contributed by atoms with Gasteiger partial charge in [-0.2, -0.15) is 0 Å². The smallest absolute Gasteiger partial charge is 0.0140 e. The van der Waals surface area contributed by atoms with E-state index in [-0.39, 0.29) is 5.48 Å². The molecule has 0 atom stereocenters. The van der Waals surface area contributed by atoms with Crippen LogP contribution in [0, 0.1) is 6.92 Å². The summed E-state index contributed by atoms with van der Waals surface area (Å²) >= 11 is 0. The Morgan fingerprint density at radius 2 is 1.45 bits per heavy atom. The molecule has 0 aromatic carbocycles. The normalized spacial score (nSPS) is 8.18. The average molecular weight is 162 g/mol. The summed E-state index contributed by atoms with van der Waals surface area (Å²) in [5, 5.41) is 0. The molecule has 11 heavy (non-hydrogen) atoms. The summed E-state index contributed by atoms with van der Waals surface area (Å²) in [6.07, 6.45) is 5.07. The summed E-state index contributed by atoms with van der Waals surface area (Å²) in [6, 6.07) is 0. The lowest BCUT2D eigenvalue weighted by atomic mass is 10.2. The fourth-order valence-electron chi connectivity index (χ4n) is 0.427. The summed E-state index contributed by atoms with van der Waals surface area (Å²) in [6.45, 7) is 5.93. The molecule has 0 rings (SSSR count). The van der Waals surface area contributed by atoms with Crippen molar-refractivity contribution in [3.8, 4) is 0 Å². The third-order valence-corrected chi connectivity index (χ3v) is 0.854. The van der Waals surface area contributed by atoms with Crippen LogP contribution in [0.25, 0.3) is 0 Å². The van der Waals surface area contributed by atoms with Gasteiger partial charge >= 0.3 is 0 Å². The minimum absolute atomic E-state index is 0. The molecule has 2 heteroatoms. The van der Waals surface area contributed by atoms with Crippen molar-refractivity contribution in [3.05, 3.63) is 6.92 Å². The van der Waals surface area contributed by atoms with E-state index in [1.54, 1.807) is 0 Å². The first-order valence-electron chi connectivity index (χ1n) is 4.05. The van der Waals surface area contributed by atoms with Crippen LogP contribution in [0.2, 0.25) is 0 Å². The number of rotatable bonds is 3. The van der Waals surface area contributed by atoms with E-state index in [2.05, 4.69) is 13.8 Å². The van der Waals surface area contributed by atoms with Crippen molar-refractivity contribution in [3.63, 3.8) is 0 Å². The summed E-state index contributed by atoms with van der Waals surface area (Å²) in [4.78, 5) is 2.00. The Morgan fingerprint density at radius 1 is 1.09 bits per heavy atom. The Balaban J connectivity index is -0.000000114. The zero-order valence-electron chi connectivity index (χ0n) is 8.48. The Labute approximate surface area is 71.9 Å². The molecule has 0 heterocycles. The maximum Gasteiger partial charge on any atom is -0.0140 e. The topological polar surface area (TPSA) is 34.7 Å². The maximum atomic E-state index is 3.72. The Hall–Kier alpha value is -0.0800. The van der Waals surface area contributed by atoms with Gasteiger partial charge in [0.25, 0.3) is 0 Å². The fourth-order valence-corrected chi connectivity index (χ4v) is 0.427. The zero-order valence-corrected chi connectivity index (χ0v) is 8.48. The highest BCUT2D eigenvalue weighted by Gasteiger charge is 1.75. The van der Waals surface area contributed by atoms with Gasteiger partial charge in [0.05, 0.1) is 0 Å². The highest BCUT2D eigenvalue weighted by atomic mass is 16.0. The van der Waals surface area contributed by atoms with Crippen molar-refractivity contribution in [1.29, 1.82) is 0 Å². The van der Waals surface area contributed by atoms with Gasteiger partial charge in [0, 0.05) is 0 Å². The van der Waals surface area contributed by atoms with Crippen LogP contribution in [-0.2, 0) is 0 Å². The van der Waals surface area contributed by atoms with Crippen LogP contribution in [0.4, 0.5) is 0 Å². The van der Waals surface area contributed by atoms with Gasteiger partial charge in [0.15, 0.2) is 0 Å². The fraction of sp³-hybridized carbons (Fsp3) is 0.889. The lowest BCUT2D eigenvalue weighted by Gasteiger charge is -1.90. The minimum Gasteiger partial charge on any atom is -0.412 e. The predicted octanol–water partition coefficient (Wildman–Crippen LogP) is 1.75. The van der Waals surface area contributed by atoms with Gasteiger partial charge in [-0.3, -0.25) is 0 Å². The van der Waals surface area contributed by atoms with Crippen molar-refractivity contribution >= 4 is 0 Å². The highest BCUT2D eigenvalue weighted by Crippen LogP contribution is 1.95. The standard InChI is InChI=1S/C6H13.C3H9N.H2O/c1-3-5-6-4-2;1-4(2)3;/h1,3-6H2,2H3;1-3H3;1H2. The maximum absolute atomic E-state index is 3.72. The summed E-state index contributed by atoms with van der Waals surface area (Å²) in [5.41, 5.74) is 0. The number of unbranched alkanes of at least 4 members (excludes halogenated alkanes) is 3. The van der Waals surface area contributed by atoms with Crippen LogP contribution >= 0.6 is 0 Å². The van der Waals surface area contributed by atoms with Crippen LogP contribution in [0.15, 0.2) is 0 Å². The van der Waals surface area contributed by atoms with E-state index in [0.717, 1.165) is 6.42 Å². The molecule has 0 spiro atoms. The molecule has 1 radical (unpaired) electrons. The van der Waals surface area contributed by atoms with Crippen molar-refractivity contribution in [2.45, 2.75) is 32.6 Å². The zero-order chi connectivity index (χ0) is 8.41. The van der Waals surface area contributed by atoms with Crippen LogP contribution < -0.4 is 0 Å². The second kappa shape index (κ2) is 16.5. The van der Waals surface area contributed by atoms with E-state index in [4.69, 9.17) is 0 Å². The summed E-state index contributed by atoms with van der Waals surface area (Å²) < 4.78 is 0. The largest absolute Gasteiger partial charge is 0.412 e. The SMILES string of the molecule is CN(C)C.O.[CH2]CCCCC. The van der Waals surface area contributed by atoms with Gasteiger partial charge in [-0.15, -0.1) is 0 Å².